The summed E-state index contributed by atoms with van der Waals surface area (Å²) < 4.78 is 99.5. The number of pyridine rings is 1. The highest BCUT2D eigenvalue weighted by molar-refractivity contribution is 5.94. The van der Waals surface area contributed by atoms with E-state index in [2.05, 4.69) is 9.72 Å². The molecule has 0 unspecified atom stereocenters. The summed E-state index contributed by atoms with van der Waals surface area (Å²) in [7, 11) is 1.25. The molecule has 4 rings (SSSR count). The van der Waals surface area contributed by atoms with Crippen LogP contribution in [0.5, 0.6) is 17.2 Å². The molecule has 0 fully saturated rings. The smallest absolute Gasteiger partial charge is 0.465 e. The number of amides is 1. The van der Waals surface area contributed by atoms with Crippen LogP contribution in [0.4, 0.5) is 36.8 Å². The van der Waals surface area contributed by atoms with Crippen LogP contribution in [-0.2, 0) is 9.47 Å². The van der Waals surface area contributed by atoms with Gasteiger partial charge in [-0.2, -0.15) is 13.2 Å². The number of hydrogen-bond donors (Lipinski definition) is 0. The van der Waals surface area contributed by atoms with Gasteiger partial charge >= 0.3 is 24.6 Å². The van der Waals surface area contributed by atoms with Gasteiger partial charge < -0.3 is 18.9 Å². The molecule has 1 amide bonds. The van der Waals surface area contributed by atoms with Crippen molar-refractivity contribution in [2.75, 3.05) is 18.6 Å². The second-order valence-corrected chi connectivity index (χ2v) is 11.0. The first kappa shape index (κ1) is 41.2. The van der Waals surface area contributed by atoms with Crippen LogP contribution in [0.3, 0.4) is 0 Å². The number of fused-ring (bicyclic) bond motifs is 1. The lowest BCUT2D eigenvalue weighted by molar-refractivity contribution is -0.274. The minimum atomic E-state index is -4.91. The molecule has 0 N–H and O–H groups in total. The highest BCUT2D eigenvalue weighted by Gasteiger charge is 2.33. The van der Waals surface area contributed by atoms with E-state index in [-0.39, 0.29) is 22.8 Å². The summed E-state index contributed by atoms with van der Waals surface area (Å²) in [5.41, 5.74) is 0.752. The van der Waals surface area contributed by atoms with Gasteiger partial charge in [-0.05, 0) is 69.7 Å². The number of ether oxygens (including phenoxy) is 4. The van der Waals surface area contributed by atoms with Gasteiger partial charge in [0.2, 0.25) is 0 Å². The molecule has 9 nitrogen and oxygen atoms in total. The standard InChI is InChI=1S/C31H29F6N3O6.2C2H6/c1-18-14-19(6-11-23(18)27(41)43-5)25-16-38-26-24(39(13-12-30(32,33)34)28(42)46-29(2,3)4)15-22(17-40(25)26)44-20-7-9-21(10-8-20)45-31(35,36)37;2*1-2/h6-11,14-17H,12-13H2,1-5H3;2*1-2H3. The lowest BCUT2D eigenvalue weighted by atomic mass is 10.0. The molecule has 2 heterocycles. The van der Waals surface area contributed by atoms with E-state index in [9.17, 15) is 35.9 Å². The fraction of sp³-hybridized carbons (Fsp3) is 0.400. The van der Waals surface area contributed by atoms with Crippen LogP contribution in [-0.4, -0.2) is 53.2 Å². The van der Waals surface area contributed by atoms with Gasteiger partial charge in [-0.25, -0.2) is 14.6 Å². The number of aryl methyl sites for hydroxylation is 1. The maximum atomic E-state index is 13.4. The molecule has 0 aliphatic carbocycles. The normalized spacial score (nSPS) is 11.4. The number of methoxy groups -OCH3 is 1. The molecule has 0 aliphatic rings. The Morgan fingerprint density at radius 2 is 1.46 bits per heavy atom. The molecule has 0 bridgehead atoms. The van der Waals surface area contributed by atoms with Gasteiger partial charge in [-0.15, -0.1) is 13.2 Å². The third-order valence-corrected chi connectivity index (χ3v) is 6.31. The summed E-state index contributed by atoms with van der Waals surface area (Å²) >= 11 is 0. The largest absolute Gasteiger partial charge is 0.573 e. The maximum absolute atomic E-state index is 13.4. The zero-order chi connectivity index (χ0) is 38.0. The summed E-state index contributed by atoms with van der Waals surface area (Å²) in [6.45, 7) is 13.5. The SMILES string of the molecule is CC.CC.COC(=O)c1ccc(-c2cnc3c(N(CCC(F)(F)F)C(=O)OC(C)(C)C)cc(Oc4ccc(OC(F)(F)F)cc4)cn23)cc1C. The minimum absolute atomic E-state index is 0.00490. The molecule has 4 aromatic rings. The number of benzene rings is 2. The van der Waals surface area contributed by atoms with E-state index in [4.69, 9.17) is 14.2 Å². The summed E-state index contributed by atoms with van der Waals surface area (Å²) in [5.74, 6) is -1.00. The lowest BCUT2D eigenvalue weighted by Gasteiger charge is -2.28. The Hall–Kier alpha value is -4.95. The first-order chi connectivity index (χ1) is 23.3. The van der Waals surface area contributed by atoms with E-state index >= 15 is 0 Å². The highest BCUT2D eigenvalue weighted by atomic mass is 19.4. The molecule has 0 radical (unpaired) electrons. The Labute approximate surface area is 286 Å². The lowest BCUT2D eigenvalue weighted by Crippen LogP contribution is -2.39. The third kappa shape index (κ3) is 11.6. The van der Waals surface area contributed by atoms with Crippen LogP contribution >= 0.6 is 0 Å². The van der Waals surface area contributed by atoms with Crippen LogP contribution < -0.4 is 14.4 Å². The number of carbonyl (C=O) groups is 2. The van der Waals surface area contributed by atoms with E-state index in [1.165, 1.54) is 48.2 Å². The number of rotatable bonds is 8. The van der Waals surface area contributed by atoms with E-state index in [0.717, 1.165) is 17.0 Å². The number of imidazole rings is 1. The number of anilines is 1. The van der Waals surface area contributed by atoms with Crippen molar-refractivity contribution in [3.63, 3.8) is 0 Å². The topological polar surface area (TPSA) is 91.6 Å². The van der Waals surface area contributed by atoms with Gasteiger partial charge in [-0.3, -0.25) is 9.30 Å². The van der Waals surface area contributed by atoms with Gasteiger partial charge in [0.15, 0.2) is 5.65 Å². The quantitative estimate of drug-likeness (QED) is 0.133. The fourth-order valence-corrected chi connectivity index (χ4v) is 4.39. The zero-order valence-electron chi connectivity index (χ0n) is 29.2. The molecule has 50 heavy (non-hydrogen) atoms. The number of hydrogen-bond acceptors (Lipinski definition) is 7. The molecule has 0 saturated carbocycles. The van der Waals surface area contributed by atoms with Crippen LogP contribution in [0.2, 0.25) is 0 Å². The van der Waals surface area contributed by atoms with Crippen molar-refractivity contribution in [1.82, 2.24) is 9.38 Å². The van der Waals surface area contributed by atoms with Crippen molar-refractivity contribution in [2.24, 2.45) is 0 Å². The van der Waals surface area contributed by atoms with Crippen LogP contribution in [0.15, 0.2) is 60.9 Å². The van der Waals surface area contributed by atoms with Crippen LogP contribution in [0.25, 0.3) is 16.9 Å². The van der Waals surface area contributed by atoms with Gasteiger partial charge in [0, 0.05) is 18.2 Å². The van der Waals surface area contributed by atoms with Crippen molar-refractivity contribution in [3.05, 3.63) is 72.1 Å². The van der Waals surface area contributed by atoms with Crippen molar-refractivity contribution in [3.8, 4) is 28.5 Å². The number of halogens is 6. The number of carbonyl (C=O) groups excluding carboxylic acids is 2. The first-order valence-electron chi connectivity index (χ1n) is 15.6. The molecule has 15 heteroatoms. The van der Waals surface area contributed by atoms with Crippen LogP contribution in [0.1, 0.15) is 70.8 Å². The average molecular weight is 714 g/mol. The van der Waals surface area contributed by atoms with Crippen molar-refractivity contribution >= 4 is 23.4 Å². The van der Waals surface area contributed by atoms with Gasteiger partial charge in [-0.1, -0.05) is 33.8 Å². The minimum Gasteiger partial charge on any atom is -0.465 e. The van der Waals surface area contributed by atoms with Crippen molar-refractivity contribution in [1.29, 1.82) is 0 Å². The van der Waals surface area contributed by atoms with E-state index in [0.29, 0.717) is 22.4 Å². The molecular weight excluding hydrogens is 672 g/mol. The number of esters is 1. The Bertz CT molecular complexity index is 1730. The second kappa shape index (κ2) is 17.1. The van der Waals surface area contributed by atoms with Crippen molar-refractivity contribution in [2.45, 2.75) is 80.0 Å². The molecule has 0 atom stereocenters. The molecule has 2 aromatic carbocycles. The Morgan fingerprint density at radius 1 is 0.860 bits per heavy atom. The van der Waals surface area contributed by atoms with E-state index < -0.39 is 48.9 Å². The number of alkyl halides is 6. The summed E-state index contributed by atoms with van der Waals surface area (Å²) in [6.07, 6.45) is -9.10. The first-order valence-corrected chi connectivity index (χ1v) is 15.6. The monoisotopic (exact) mass is 713 g/mol. The van der Waals surface area contributed by atoms with E-state index in [1.54, 1.807) is 39.8 Å². The highest BCUT2D eigenvalue weighted by Crippen LogP contribution is 2.36. The predicted molar refractivity (Wildman–Crippen MR) is 177 cm³/mol. The Kier molecular flexibility index (Phi) is 14.1. The zero-order valence-corrected chi connectivity index (χ0v) is 29.2. The van der Waals surface area contributed by atoms with Crippen LogP contribution in [0, 0.1) is 6.92 Å². The Balaban J connectivity index is 0.00000209. The van der Waals surface area contributed by atoms with Gasteiger partial charge in [0.05, 0.1) is 42.9 Å². The summed E-state index contributed by atoms with van der Waals surface area (Å²) in [6, 6.07) is 10.5. The molecule has 0 spiro atoms. The van der Waals surface area contributed by atoms with Crippen molar-refractivity contribution < 1.29 is 54.9 Å². The number of aromatic nitrogens is 2. The molecule has 0 aliphatic heterocycles. The van der Waals surface area contributed by atoms with Gasteiger partial charge in [0.25, 0.3) is 0 Å². The Morgan fingerprint density at radius 3 is 1.98 bits per heavy atom. The maximum Gasteiger partial charge on any atom is 0.573 e. The van der Waals surface area contributed by atoms with E-state index in [1.807, 2.05) is 27.7 Å². The third-order valence-electron chi connectivity index (χ3n) is 6.31. The van der Waals surface area contributed by atoms with Gasteiger partial charge in [0.1, 0.15) is 22.8 Å². The molecule has 0 saturated heterocycles. The summed E-state index contributed by atoms with van der Waals surface area (Å²) in [5, 5.41) is 0. The summed E-state index contributed by atoms with van der Waals surface area (Å²) in [4.78, 5) is 30.6. The molecule has 2 aromatic heterocycles. The average Bonchev–Trinajstić information content (AvgIpc) is 3.45. The number of nitrogens with zero attached hydrogens (tertiary/aromatic N) is 3. The second-order valence-electron chi connectivity index (χ2n) is 11.0. The predicted octanol–water partition coefficient (Wildman–Crippen LogP) is 10.5. The molecule has 274 valence electrons. The molecular formula is C35H41F6N3O6. The fourth-order valence-electron chi connectivity index (χ4n) is 4.39.